The van der Waals surface area contributed by atoms with Crippen molar-refractivity contribution in [1.82, 2.24) is 10.2 Å². The van der Waals surface area contributed by atoms with Crippen LogP contribution in [0, 0.1) is 5.92 Å². The average molecular weight is 227 g/mol. The van der Waals surface area contributed by atoms with Gasteiger partial charge < -0.3 is 5.73 Å². The number of primary amides is 1. The molecule has 1 unspecified atom stereocenters. The second kappa shape index (κ2) is 5.60. The number of ketones is 1. The summed E-state index contributed by atoms with van der Waals surface area (Å²) in [5.41, 5.74) is 4.83. The molecule has 0 aliphatic carbocycles. The van der Waals surface area contributed by atoms with E-state index in [-0.39, 0.29) is 18.2 Å². The fourth-order valence-corrected chi connectivity index (χ4v) is 1.91. The monoisotopic (exact) mass is 227 g/mol. The summed E-state index contributed by atoms with van der Waals surface area (Å²) in [5.74, 6) is -0.258. The van der Waals surface area contributed by atoms with Crippen LogP contribution in [0.1, 0.15) is 19.8 Å². The molecule has 1 aliphatic rings. The predicted molar refractivity (Wildman–Crippen MR) is 57.6 cm³/mol. The Morgan fingerprint density at radius 2 is 2.12 bits per heavy atom. The third-order valence-electron chi connectivity index (χ3n) is 2.71. The van der Waals surface area contributed by atoms with Crippen LogP contribution in [0.25, 0.3) is 0 Å². The summed E-state index contributed by atoms with van der Waals surface area (Å²) in [6.07, 6.45) is 1.78. The van der Waals surface area contributed by atoms with Gasteiger partial charge in [0.1, 0.15) is 5.78 Å². The minimum absolute atomic E-state index is 0.00938. The van der Waals surface area contributed by atoms with Crippen molar-refractivity contribution in [2.45, 2.75) is 19.8 Å². The number of Topliss-reactive ketones (excluding diaryl/α,β-unsaturated/α-hetero) is 1. The maximum atomic E-state index is 11.3. The summed E-state index contributed by atoms with van der Waals surface area (Å²) in [4.78, 5) is 34.8. The summed E-state index contributed by atoms with van der Waals surface area (Å²) in [6, 6.07) is -0.842. The van der Waals surface area contributed by atoms with Gasteiger partial charge in [0.25, 0.3) is 0 Å². The summed E-state index contributed by atoms with van der Waals surface area (Å²) in [6.45, 7) is 3.04. The quantitative estimate of drug-likeness (QED) is 0.678. The first kappa shape index (κ1) is 12.6. The molecule has 0 spiro atoms. The number of piperidine rings is 1. The molecule has 0 saturated carbocycles. The molecule has 0 aromatic heterocycles. The van der Waals surface area contributed by atoms with Gasteiger partial charge in [-0.15, -0.1) is 0 Å². The normalized spacial score (nSPS) is 21.4. The Hall–Kier alpha value is -1.43. The lowest BCUT2D eigenvalue weighted by Crippen LogP contribution is -2.46. The average Bonchev–Trinajstić information content (AvgIpc) is 2.16. The van der Waals surface area contributed by atoms with Crippen LogP contribution < -0.4 is 11.1 Å². The molecule has 3 amide bonds. The van der Waals surface area contributed by atoms with Gasteiger partial charge in [0.15, 0.2) is 0 Å². The number of rotatable bonds is 3. The third kappa shape index (κ3) is 3.98. The highest BCUT2D eigenvalue weighted by molar-refractivity contribution is 5.94. The number of nitrogens with two attached hydrogens (primary N) is 1. The molecule has 3 N–H and O–H groups in total. The molecule has 1 rings (SSSR count). The lowest BCUT2D eigenvalue weighted by molar-refractivity contribution is -0.125. The molecular weight excluding hydrogens is 210 g/mol. The van der Waals surface area contributed by atoms with Crippen LogP contribution in [0.15, 0.2) is 0 Å². The number of carbonyl (C=O) groups excluding carboxylic acids is 3. The smallest absolute Gasteiger partial charge is 0.318 e. The first-order valence-electron chi connectivity index (χ1n) is 5.31. The Morgan fingerprint density at radius 3 is 2.69 bits per heavy atom. The zero-order valence-electron chi connectivity index (χ0n) is 9.36. The van der Waals surface area contributed by atoms with E-state index in [4.69, 9.17) is 5.73 Å². The van der Waals surface area contributed by atoms with Crippen LogP contribution in [0.5, 0.6) is 0 Å². The fraction of sp³-hybridized carbons (Fsp3) is 0.700. The molecule has 1 fully saturated rings. The van der Waals surface area contributed by atoms with Gasteiger partial charge in [0, 0.05) is 12.5 Å². The van der Waals surface area contributed by atoms with Gasteiger partial charge in [0.05, 0.1) is 6.54 Å². The van der Waals surface area contributed by atoms with E-state index < -0.39 is 11.9 Å². The molecule has 1 heterocycles. The van der Waals surface area contributed by atoms with Crippen LogP contribution in [-0.4, -0.2) is 42.3 Å². The molecule has 6 nitrogen and oxygen atoms in total. The first-order chi connectivity index (χ1) is 7.49. The van der Waals surface area contributed by atoms with E-state index in [9.17, 15) is 14.4 Å². The van der Waals surface area contributed by atoms with Crippen molar-refractivity contribution in [3.8, 4) is 0 Å². The molecule has 6 heteroatoms. The lowest BCUT2D eigenvalue weighted by atomic mass is 9.95. The fourth-order valence-electron chi connectivity index (χ4n) is 1.91. The molecule has 0 radical (unpaired) electrons. The number of imide groups is 1. The van der Waals surface area contributed by atoms with Gasteiger partial charge in [-0.05, 0) is 26.3 Å². The number of carbonyl (C=O) groups is 3. The number of nitrogens with zero attached hydrogens (tertiary/aromatic N) is 1. The molecular formula is C10H17N3O3. The number of hydrogen-bond donors (Lipinski definition) is 2. The van der Waals surface area contributed by atoms with E-state index in [1.165, 1.54) is 0 Å². The second-order valence-electron chi connectivity index (χ2n) is 4.10. The van der Waals surface area contributed by atoms with Gasteiger partial charge in [-0.2, -0.15) is 0 Å². The molecule has 1 saturated heterocycles. The van der Waals surface area contributed by atoms with Gasteiger partial charge in [-0.25, -0.2) is 4.79 Å². The highest BCUT2D eigenvalue weighted by Crippen LogP contribution is 2.16. The van der Waals surface area contributed by atoms with E-state index in [2.05, 4.69) is 0 Å². The van der Waals surface area contributed by atoms with Crippen molar-refractivity contribution >= 4 is 17.7 Å². The SMILES string of the molecule is CC(=O)C1CCCN(CC(=O)NC(N)=O)C1. The van der Waals surface area contributed by atoms with Crippen molar-refractivity contribution in [1.29, 1.82) is 0 Å². The third-order valence-corrected chi connectivity index (χ3v) is 2.71. The van der Waals surface area contributed by atoms with Gasteiger partial charge in [-0.3, -0.25) is 19.8 Å². The summed E-state index contributed by atoms with van der Waals surface area (Å²) in [7, 11) is 0. The largest absolute Gasteiger partial charge is 0.351 e. The van der Waals surface area contributed by atoms with Gasteiger partial charge >= 0.3 is 6.03 Å². The maximum absolute atomic E-state index is 11.3. The van der Waals surface area contributed by atoms with E-state index in [0.29, 0.717) is 6.54 Å². The molecule has 16 heavy (non-hydrogen) atoms. The minimum atomic E-state index is -0.842. The van der Waals surface area contributed by atoms with Gasteiger partial charge in [0.2, 0.25) is 5.91 Å². The van der Waals surface area contributed by atoms with Crippen molar-refractivity contribution in [3.05, 3.63) is 0 Å². The Bertz CT molecular complexity index is 304. The standard InChI is InChI=1S/C10H17N3O3/c1-7(14)8-3-2-4-13(5-8)6-9(15)12-10(11)16/h8H,2-6H2,1H3,(H3,11,12,15,16). The minimum Gasteiger partial charge on any atom is -0.351 e. The number of nitrogens with one attached hydrogen (secondary N) is 1. The van der Waals surface area contributed by atoms with Gasteiger partial charge in [-0.1, -0.05) is 0 Å². The lowest BCUT2D eigenvalue weighted by Gasteiger charge is -2.30. The van der Waals surface area contributed by atoms with Crippen LogP contribution in [-0.2, 0) is 9.59 Å². The highest BCUT2D eigenvalue weighted by atomic mass is 16.2. The van der Waals surface area contributed by atoms with Crippen molar-refractivity contribution < 1.29 is 14.4 Å². The zero-order valence-corrected chi connectivity index (χ0v) is 9.36. The number of likely N-dealkylation sites (tertiary alicyclic amines) is 1. The zero-order chi connectivity index (χ0) is 12.1. The first-order valence-corrected chi connectivity index (χ1v) is 5.31. The number of urea groups is 1. The molecule has 90 valence electrons. The molecule has 0 aromatic rings. The molecule has 0 bridgehead atoms. The Morgan fingerprint density at radius 1 is 1.44 bits per heavy atom. The Kier molecular flexibility index (Phi) is 4.42. The van der Waals surface area contributed by atoms with Crippen molar-refractivity contribution in [2.75, 3.05) is 19.6 Å². The number of hydrogen-bond acceptors (Lipinski definition) is 4. The Balaban J connectivity index is 2.39. The van der Waals surface area contributed by atoms with Crippen molar-refractivity contribution in [2.24, 2.45) is 11.7 Å². The highest BCUT2D eigenvalue weighted by Gasteiger charge is 2.24. The maximum Gasteiger partial charge on any atom is 0.318 e. The molecule has 1 atom stereocenters. The van der Waals surface area contributed by atoms with E-state index in [0.717, 1.165) is 19.4 Å². The van der Waals surface area contributed by atoms with Crippen LogP contribution in [0.2, 0.25) is 0 Å². The van der Waals surface area contributed by atoms with Crippen LogP contribution >= 0.6 is 0 Å². The second-order valence-corrected chi connectivity index (χ2v) is 4.10. The summed E-state index contributed by atoms with van der Waals surface area (Å²) < 4.78 is 0. The summed E-state index contributed by atoms with van der Waals surface area (Å²) >= 11 is 0. The molecule has 1 aliphatic heterocycles. The van der Waals surface area contributed by atoms with E-state index in [1.807, 2.05) is 10.2 Å². The van der Waals surface area contributed by atoms with E-state index >= 15 is 0 Å². The van der Waals surface area contributed by atoms with Crippen LogP contribution in [0.4, 0.5) is 4.79 Å². The molecule has 0 aromatic carbocycles. The van der Waals surface area contributed by atoms with Crippen LogP contribution in [0.3, 0.4) is 0 Å². The number of amides is 3. The predicted octanol–water partition coefficient (Wildman–Crippen LogP) is -0.518. The van der Waals surface area contributed by atoms with Crippen molar-refractivity contribution in [3.63, 3.8) is 0 Å². The van der Waals surface area contributed by atoms with E-state index in [1.54, 1.807) is 6.92 Å². The summed E-state index contributed by atoms with van der Waals surface area (Å²) in [5, 5.41) is 2.01. The topological polar surface area (TPSA) is 92.5 Å². The Labute approximate surface area is 94.2 Å².